The second-order valence-corrected chi connectivity index (χ2v) is 6.32. The summed E-state index contributed by atoms with van der Waals surface area (Å²) in [6.07, 6.45) is 6.24. The van der Waals surface area contributed by atoms with Gasteiger partial charge in [0.05, 0.1) is 10.7 Å². The van der Waals surface area contributed by atoms with Crippen molar-refractivity contribution in [2.24, 2.45) is 5.10 Å². The summed E-state index contributed by atoms with van der Waals surface area (Å²) in [5, 5.41) is 8.18. The van der Waals surface area contributed by atoms with E-state index in [0.29, 0.717) is 15.9 Å². The number of hydrazone groups is 1. The van der Waals surface area contributed by atoms with Crippen LogP contribution in [0.25, 0.3) is 0 Å². The summed E-state index contributed by atoms with van der Waals surface area (Å²) in [5.74, 6) is 0.714. The number of imidazole rings is 1. The molecule has 0 radical (unpaired) electrons. The molecule has 3 rings (SSSR count). The molecule has 0 amide bonds. The van der Waals surface area contributed by atoms with Gasteiger partial charge in [-0.3, -0.25) is 9.58 Å². The summed E-state index contributed by atoms with van der Waals surface area (Å²) in [7, 11) is 0. The van der Waals surface area contributed by atoms with Crippen molar-refractivity contribution >= 4 is 34.7 Å². The molecule has 1 aromatic heterocycles. The normalized spacial score (nSPS) is 11.6. The van der Waals surface area contributed by atoms with Crippen LogP contribution in [0.5, 0.6) is 0 Å². The van der Waals surface area contributed by atoms with Crippen LogP contribution in [0.1, 0.15) is 18.9 Å². The quantitative estimate of drug-likeness (QED) is 0.345. The van der Waals surface area contributed by atoms with E-state index in [1.807, 2.05) is 64.3 Å². The minimum Gasteiger partial charge on any atom is -0.289 e. The number of nitrogens with zero attached hydrogens (tertiary/aromatic N) is 4. The highest BCUT2D eigenvalue weighted by Gasteiger charge is 2.13. The zero-order valence-corrected chi connectivity index (χ0v) is 15.3. The van der Waals surface area contributed by atoms with Crippen LogP contribution in [-0.2, 0) is 0 Å². The van der Waals surface area contributed by atoms with E-state index in [9.17, 15) is 0 Å². The Morgan fingerprint density at radius 1 is 1.12 bits per heavy atom. The molecule has 0 saturated carbocycles. The lowest BCUT2D eigenvalue weighted by Crippen LogP contribution is -2.23. The van der Waals surface area contributed by atoms with E-state index in [2.05, 4.69) is 11.9 Å². The molecule has 0 aliphatic heterocycles. The molecule has 0 saturated heterocycles. The number of halogens is 2. The molecule has 0 atom stereocenters. The number of anilines is 1. The van der Waals surface area contributed by atoms with Gasteiger partial charge in [0.2, 0.25) is 0 Å². The second-order valence-electron chi connectivity index (χ2n) is 5.47. The summed E-state index contributed by atoms with van der Waals surface area (Å²) in [6.45, 7) is 2.88. The first-order valence-electron chi connectivity index (χ1n) is 8.04. The van der Waals surface area contributed by atoms with Crippen molar-refractivity contribution in [1.82, 2.24) is 9.55 Å². The molecule has 2 aromatic carbocycles. The van der Waals surface area contributed by atoms with Gasteiger partial charge in [-0.2, -0.15) is 5.10 Å². The van der Waals surface area contributed by atoms with Gasteiger partial charge in [0.1, 0.15) is 6.33 Å². The van der Waals surface area contributed by atoms with Gasteiger partial charge in [-0.05, 0) is 42.8 Å². The molecule has 3 aromatic rings. The zero-order chi connectivity index (χ0) is 17.6. The fourth-order valence-electron chi connectivity index (χ4n) is 2.45. The number of hydrogen-bond donors (Lipinski definition) is 0. The van der Waals surface area contributed by atoms with Gasteiger partial charge < -0.3 is 0 Å². The molecule has 0 bridgehead atoms. The van der Waals surface area contributed by atoms with E-state index in [1.54, 1.807) is 12.5 Å². The summed E-state index contributed by atoms with van der Waals surface area (Å²) in [6, 6.07) is 15.3. The molecule has 0 fully saturated rings. The molecule has 0 unspecified atom stereocenters. The minimum atomic E-state index is 0.641. The maximum atomic E-state index is 6.41. The molecular formula is C19H18Cl2N4. The Kier molecular flexibility index (Phi) is 5.74. The van der Waals surface area contributed by atoms with E-state index >= 15 is 0 Å². The summed E-state index contributed by atoms with van der Waals surface area (Å²) in [5.41, 5.74) is 1.81. The fraction of sp³-hybridized carbons (Fsp3) is 0.158. The predicted molar refractivity (Wildman–Crippen MR) is 105 cm³/mol. The Morgan fingerprint density at radius 2 is 1.88 bits per heavy atom. The maximum Gasteiger partial charge on any atom is 0.167 e. The average molecular weight is 373 g/mol. The molecule has 6 heteroatoms. The van der Waals surface area contributed by atoms with Crippen LogP contribution in [0.15, 0.2) is 72.4 Å². The van der Waals surface area contributed by atoms with Gasteiger partial charge in [-0.15, -0.1) is 0 Å². The van der Waals surface area contributed by atoms with Crippen molar-refractivity contribution in [2.45, 2.75) is 13.3 Å². The van der Waals surface area contributed by atoms with Crippen LogP contribution in [0.3, 0.4) is 0 Å². The van der Waals surface area contributed by atoms with Crippen LogP contribution in [-0.4, -0.2) is 21.9 Å². The lowest BCUT2D eigenvalue weighted by Gasteiger charge is -2.21. The van der Waals surface area contributed by atoms with E-state index in [4.69, 9.17) is 28.3 Å². The Bertz CT molecular complexity index is 842. The second kappa shape index (κ2) is 8.19. The summed E-state index contributed by atoms with van der Waals surface area (Å²) < 4.78 is 1.86. The predicted octanol–water partition coefficient (Wildman–Crippen LogP) is 5.32. The van der Waals surface area contributed by atoms with Crippen molar-refractivity contribution in [1.29, 1.82) is 0 Å². The van der Waals surface area contributed by atoms with E-state index in [-0.39, 0.29) is 0 Å². The Balaban J connectivity index is 2.09. The lowest BCUT2D eigenvalue weighted by molar-refractivity contribution is 0.800. The van der Waals surface area contributed by atoms with Gasteiger partial charge in [-0.25, -0.2) is 4.98 Å². The zero-order valence-electron chi connectivity index (χ0n) is 13.8. The Hall–Kier alpha value is -2.30. The first kappa shape index (κ1) is 17.5. The van der Waals surface area contributed by atoms with E-state index in [0.717, 1.165) is 24.2 Å². The van der Waals surface area contributed by atoms with E-state index < -0.39 is 0 Å². The fourth-order valence-corrected chi connectivity index (χ4v) is 2.79. The van der Waals surface area contributed by atoms with Crippen LogP contribution in [0.4, 0.5) is 5.69 Å². The third-order valence-electron chi connectivity index (χ3n) is 3.64. The van der Waals surface area contributed by atoms with Gasteiger partial charge in [0, 0.05) is 29.5 Å². The van der Waals surface area contributed by atoms with Gasteiger partial charge >= 0.3 is 0 Å². The largest absolute Gasteiger partial charge is 0.289 e. The molecule has 0 aliphatic rings. The maximum absolute atomic E-state index is 6.41. The first-order chi connectivity index (χ1) is 12.2. The summed E-state index contributed by atoms with van der Waals surface area (Å²) in [4.78, 5) is 4.14. The first-order valence-corrected chi connectivity index (χ1v) is 8.79. The molecule has 128 valence electrons. The monoisotopic (exact) mass is 372 g/mol. The molecule has 4 nitrogen and oxygen atoms in total. The van der Waals surface area contributed by atoms with Crippen molar-refractivity contribution in [2.75, 3.05) is 11.6 Å². The van der Waals surface area contributed by atoms with Crippen LogP contribution in [0.2, 0.25) is 10.0 Å². The third kappa shape index (κ3) is 4.21. The number of aromatic nitrogens is 2. The SMILES string of the molecule is CCCN(N=C(c1ccccc1Cl)n1ccnc1)c1ccc(Cl)cc1. The topological polar surface area (TPSA) is 33.4 Å². The minimum absolute atomic E-state index is 0.641. The Labute approximate surface area is 157 Å². The van der Waals surface area contributed by atoms with Crippen molar-refractivity contribution in [3.8, 4) is 0 Å². The highest BCUT2D eigenvalue weighted by atomic mass is 35.5. The number of hydrogen-bond acceptors (Lipinski definition) is 3. The molecule has 0 spiro atoms. The standard InChI is InChI=1S/C19H18Cl2N4/c1-2-12-25(16-9-7-15(20)8-10-16)23-19(24-13-11-22-14-24)17-5-3-4-6-18(17)21/h3-11,13-14H,2,12H2,1H3. The van der Waals surface area contributed by atoms with Crippen LogP contribution < -0.4 is 5.01 Å². The molecule has 1 heterocycles. The summed E-state index contributed by atoms with van der Waals surface area (Å²) >= 11 is 12.4. The molecular weight excluding hydrogens is 355 g/mol. The smallest absolute Gasteiger partial charge is 0.167 e. The number of rotatable bonds is 5. The molecule has 25 heavy (non-hydrogen) atoms. The third-order valence-corrected chi connectivity index (χ3v) is 4.22. The Morgan fingerprint density at radius 3 is 2.52 bits per heavy atom. The van der Waals surface area contributed by atoms with Crippen molar-refractivity contribution in [3.63, 3.8) is 0 Å². The number of benzene rings is 2. The molecule has 0 aliphatic carbocycles. The highest BCUT2D eigenvalue weighted by molar-refractivity contribution is 6.34. The van der Waals surface area contributed by atoms with Crippen LogP contribution >= 0.6 is 23.2 Å². The van der Waals surface area contributed by atoms with Gasteiger partial charge in [0.25, 0.3) is 0 Å². The van der Waals surface area contributed by atoms with Crippen molar-refractivity contribution < 1.29 is 0 Å². The van der Waals surface area contributed by atoms with Crippen molar-refractivity contribution in [3.05, 3.63) is 82.9 Å². The highest BCUT2D eigenvalue weighted by Crippen LogP contribution is 2.22. The van der Waals surface area contributed by atoms with Crippen LogP contribution in [0, 0.1) is 0 Å². The van der Waals surface area contributed by atoms with Gasteiger partial charge in [0.15, 0.2) is 5.84 Å². The van der Waals surface area contributed by atoms with Gasteiger partial charge in [-0.1, -0.05) is 42.3 Å². The lowest BCUT2D eigenvalue weighted by atomic mass is 10.2. The molecule has 0 N–H and O–H groups in total. The van der Waals surface area contributed by atoms with E-state index in [1.165, 1.54) is 0 Å². The average Bonchev–Trinajstić information content (AvgIpc) is 3.15.